The number of hydrogen-bond donors (Lipinski definition) is 2. The number of aromatic nitrogens is 1. The summed E-state index contributed by atoms with van der Waals surface area (Å²) in [5.41, 5.74) is 3.78. The van der Waals surface area contributed by atoms with Gasteiger partial charge >= 0.3 is 0 Å². The van der Waals surface area contributed by atoms with Crippen LogP contribution in [-0.4, -0.2) is 34.3 Å². The van der Waals surface area contributed by atoms with E-state index in [0.29, 0.717) is 30.1 Å². The Hall–Kier alpha value is -2.79. The second kappa shape index (κ2) is 7.08. The number of aromatic amines is 1. The Morgan fingerprint density at radius 2 is 2.11 bits per heavy atom. The molecule has 0 spiro atoms. The van der Waals surface area contributed by atoms with E-state index in [1.807, 2.05) is 48.7 Å². The summed E-state index contributed by atoms with van der Waals surface area (Å²) in [5, 5.41) is 4.70. The topological polar surface area (TPSA) is 65.2 Å². The molecule has 2 amide bonds. The van der Waals surface area contributed by atoms with E-state index in [1.54, 1.807) is 11.8 Å². The monoisotopic (exact) mass is 381 g/mol. The van der Waals surface area contributed by atoms with Crippen molar-refractivity contribution in [1.29, 1.82) is 0 Å². The lowest BCUT2D eigenvalue weighted by molar-refractivity contribution is -0.125. The summed E-state index contributed by atoms with van der Waals surface area (Å²) in [4.78, 5) is 29.9. The van der Waals surface area contributed by atoms with Gasteiger partial charge in [0.2, 0.25) is 5.91 Å². The van der Waals surface area contributed by atoms with Gasteiger partial charge in [-0.2, -0.15) is 0 Å². The van der Waals surface area contributed by atoms with E-state index in [9.17, 15) is 9.59 Å². The first kappa shape index (κ1) is 17.6. The van der Waals surface area contributed by atoms with E-state index in [1.165, 1.54) is 0 Å². The molecule has 0 saturated carbocycles. The molecule has 138 valence electrons. The van der Waals surface area contributed by atoms with E-state index >= 15 is 0 Å². The van der Waals surface area contributed by atoms with Crippen molar-refractivity contribution in [3.8, 4) is 0 Å². The molecule has 27 heavy (non-hydrogen) atoms. The predicted molar refractivity (Wildman–Crippen MR) is 106 cm³/mol. The molecule has 0 saturated heterocycles. The summed E-state index contributed by atoms with van der Waals surface area (Å²) < 4.78 is 0. The minimum atomic E-state index is -0.512. The second-order valence-electron chi connectivity index (χ2n) is 6.81. The van der Waals surface area contributed by atoms with Gasteiger partial charge in [-0.3, -0.25) is 9.59 Å². The second-order valence-corrected chi connectivity index (χ2v) is 7.25. The fourth-order valence-electron chi connectivity index (χ4n) is 3.56. The number of rotatable bonds is 5. The zero-order chi connectivity index (χ0) is 19.0. The standard InChI is InChI=1S/C21H20ClN3O2/c1-13(25-12-15-4-2-3-5-17(15)21(25)27)20(26)23-9-8-14-11-24-19-7-6-16(22)10-18(14)19/h2-7,10-11,13,24H,8-9,12H2,1H3,(H,23,26)/t13-/m1/s1. The molecule has 0 aliphatic carbocycles. The van der Waals surface area contributed by atoms with Crippen LogP contribution in [0.15, 0.2) is 48.7 Å². The molecule has 5 nitrogen and oxygen atoms in total. The lowest BCUT2D eigenvalue weighted by Gasteiger charge is -2.23. The molecule has 6 heteroatoms. The highest BCUT2D eigenvalue weighted by Gasteiger charge is 2.33. The van der Waals surface area contributed by atoms with Crippen LogP contribution in [0.4, 0.5) is 0 Å². The molecular formula is C21H20ClN3O2. The molecule has 2 N–H and O–H groups in total. The lowest BCUT2D eigenvalue weighted by Crippen LogP contribution is -2.45. The van der Waals surface area contributed by atoms with E-state index in [2.05, 4.69) is 10.3 Å². The zero-order valence-corrected chi connectivity index (χ0v) is 15.7. The third-order valence-electron chi connectivity index (χ3n) is 5.12. The lowest BCUT2D eigenvalue weighted by atomic mass is 10.1. The molecule has 0 fully saturated rings. The van der Waals surface area contributed by atoms with Crippen molar-refractivity contribution in [2.75, 3.05) is 6.54 Å². The number of nitrogens with zero attached hydrogens (tertiary/aromatic N) is 1. The maximum atomic E-state index is 12.5. The third kappa shape index (κ3) is 3.30. The van der Waals surface area contributed by atoms with Crippen LogP contribution in [0.2, 0.25) is 5.02 Å². The fraction of sp³-hybridized carbons (Fsp3) is 0.238. The van der Waals surface area contributed by atoms with Crippen LogP contribution in [0, 0.1) is 0 Å². The van der Waals surface area contributed by atoms with Gasteiger partial charge in [-0.1, -0.05) is 29.8 Å². The summed E-state index contributed by atoms with van der Waals surface area (Å²) in [6, 6.07) is 12.7. The van der Waals surface area contributed by atoms with Crippen LogP contribution in [0.5, 0.6) is 0 Å². The Morgan fingerprint density at radius 1 is 1.30 bits per heavy atom. The van der Waals surface area contributed by atoms with Crippen molar-refractivity contribution in [3.05, 3.63) is 70.4 Å². The maximum absolute atomic E-state index is 12.5. The van der Waals surface area contributed by atoms with Crippen LogP contribution in [0.3, 0.4) is 0 Å². The number of nitrogens with one attached hydrogen (secondary N) is 2. The Kier molecular flexibility index (Phi) is 4.62. The van der Waals surface area contributed by atoms with Gasteiger partial charge in [-0.15, -0.1) is 0 Å². The summed E-state index contributed by atoms with van der Waals surface area (Å²) in [5.74, 6) is -0.228. The molecule has 2 heterocycles. The molecular weight excluding hydrogens is 362 g/mol. The summed E-state index contributed by atoms with van der Waals surface area (Å²) in [7, 11) is 0. The minimum Gasteiger partial charge on any atom is -0.361 e. The van der Waals surface area contributed by atoms with Crippen molar-refractivity contribution in [3.63, 3.8) is 0 Å². The van der Waals surface area contributed by atoms with Gasteiger partial charge in [-0.05, 0) is 48.7 Å². The molecule has 1 aromatic heterocycles. The normalized spacial score (nSPS) is 14.4. The SMILES string of the molecule is C[C@H](C(=O)NCCc1c[nH]c2ccc(Cl)cc12)N1Cc2ccccc2C1=O. The van der Waals surface area contributed by atoms with Crippen molar-refractivity contribution in [2.45, 2.75) is 25.9 Å². The van der Waals surface area contributed by atoms with Gasteiger partial charge < -0.3 is 15.2 Å². The molecule has 1 aliphatic rings. The minimum absolute atomic E-state index is 0.0838. The quantitative estimate of drug-likeness (QED) is 0.710. The highest BCUT2D eigenvalue weighted by atomic mass is 35.5. The molecule has 0 radical (unpaired) electrons. The van der Waals surface area contributed by atoms with Crippen molar-refractivity contribution >= 4 is 34.3 Å². The zero-order valence-electron chi connectivity index (χ0n) is 15.0. The average molecular weight is 382 g/mol. The van der Waals surface area contributed by atoms with Gasteiger partial charge in [0, 0.05) is 40.8 Å². The van der Waals surface area contributed by atoms with Crippen molar-refractivity contribution < 1.29 is 9.59 Å². The maximum Gasteiger partial charge on any atom is 0.255 e. The summed E-state index contributed by atoms with van der Waals surface area (Å²) in [6.07, 6.45) is 2.63. The Balaban J connectivity index is 1.37. The molecule has 3 aromatic rings. The van der Waals surface area contributed by atoms with Gasteiger partial charge in [0.1, 0.15) is 6.04 Å². The summed E-state index contributed by atoms with van der Waals surface area (Å²) >= 11 is 6.08. The van der Waals surface area contributed by atoms with Gasteiger partial charge in [0.15, 0.2) is 0 Å². The van der Waals surface area contributed by atoms with Crippen LogP contribution >= 0.6 is 11.6 Å². The van der Waals surface area contributed by atoms with Gasteiger partial charge in [-0.25, -0.2) is 0 Å². The van der Waals surface area contributed by atoms with Crippen LogP contribution in [0.25, 0.3) is 10.9 Å². The number of hydrogen-bond acceptors (Lipinski definition) is 2. The van der Waals surface area contributed by atoms with E-state index < -0.39 is 6.04 Å². The largest absolute Gasteiger partial charge is 0.361 e. The third-order valence-corrected chi connectivity index (χ3v) is 5.35. The Bertz CT molecular complexity index is 1030. The highest BCUT2D eigenvalue weighted by molar-refractivity contribution is 6.31. The fourth-order valence-corrected chi connectivity index (χ4v) is 3.73. The van der Waals surface area contributed by atoms with E-state index in [4.69, 9.17) is 11.6 Å². The molecule has 2 aromatic carbocycles. The first-order valence-electron chi connectivity index (χ1n) is 8.96. The molecule has 0 bridgehead atoms. The smallest absolute Gasteiger partial charge is 0.255 e. The average Bonchev–Trinajstić information content (AvgIpc) is 3.22. The number of carbonyl (C=O) groups excluding carboxylic acids is 2. The molecule has 4 rings (SSSR count). The highest BCUT2D eigenvalue weighted by Crippen LogP contribution is 2.25. The molecule has 0 unspecified atom stereocenters. The van der Waals surface area contributed by atoms with Gasteiger partial charge in [0.05, 0.1) is 0 Å². The number of halogens is 1. The van der Waals surface area contributed by atoms with Gasteiger partial charge in [0.25, 0.3) is 5.91 Å². The number of fused-ring (bicyclic) bond motifs is 2. The number of H-pyrrole nitrogens is 1. The first-order chi connectivity index (χ1) is 13.0. The first-order valence-corrected chi connectivity index (χ1v) is 9.34. The van der Waals surface area contributed by atoms with Crippen molar-refractivity contribution in [1.82, 2.24) is 15.2 Å². The number of carbonyl (C=O) groups is 2. The van der Waals surface area contributed by atoms with E-state index in [0.717, 1.165) is 22.0 Å². The van der Waals surface area contributed by atoms with Crippen LogP contribution < -0.4 is 5.32 Å². The number of benzene rings is 2. The number of amides is 2. The van der Waals surface area contributed by atoms with Crippen LogP contribution in [0.1, 0.15) is 28.4 Å². The molecule has 1 aliphatic heterocycles. The predicted octanol–water partition coefficient (Wildman–Crippen LogP) is 3.52. The van der Waals surface area contributed by atoms with Crippen LogP contribution in [-0.2, 0) is 17.8 Å². The van der Waals surface area contributed by atoms with Crippen molar-refractivity contribution in [2.24, 2.45) is 0 Å². The van der Waals surface area contributed by atoms with E-state index in [-0.39, 0.29) is 11.8 Å². The molecule has 1 atom stereocenters. The Labute approximate surface area is 162 Å². The Morgan fingerprint density at radius 3 is 2.93 bits per heavy atom. The summed E-state index contributed by atoms with van der Waals surface area (Å²) in [6.45, 7) is 2.74.